The summed E-state index contributed by atoms with van der Waals surface area (Å²) in [5, 5.41) is 29.0. The molecule has 13 nitrogen and oxygen atoms in total. The van der Waals surface area contributed by atoms with Crippen LogP contribution in [0.25, 0.3) is 42.1 Å². The number of aryl methyl sites for hydroxylation is 1. The number of ether oxygens (including phenoxy) is 3. The quantitative estimate of drug-likeness (QED) is 0.0484. The molecular formula is C85H120N10O3S2. The average Bonchev–Trinajstić information content (AvgIpc) is 1.57. The van der Waals surface area contributed by atoms with Crippen molar-refractivity contribution in [2.75, 3.05) is 51.7 Å². The first-order chi connectivity index (χ1) is 47.5. The van der Waals surface area contributed by atoms with Gasteiger partial charge in [0.1, 0.15) is 30.8 Å². The number of thiophene rings is 2. The van der Waals surface area contributed by atoms with E-state index in [1.54, 1.807) is 18.7 Å². The minimum absolute atomic E-state index is 0.382. The Hall–Kier alpha value is -7.88. The van der Waals surface area contributed by atoms with Gasteiger partial charge in [-0.25, -0.2) is 9.97 Å². The van der Waals surface area contributed by atoms with Gasteiger partial charge in [0.2, 0.25) is 0 Å². The highest BCUT2D eigenvalue weighted by Gasteiger charge is 2.21. The fourth-order valence-electron chi connectivity index (χ4n) is 11.6. The smallest absolute Gasteiger partial charge is 0.184 e. The highest BCUT2D eigenvalue weighted by molar-refractivity contribution is 7.18. The van der Waals surface area contributed by atoms with Gasteiger partial charge in [-0.2, -0.15) is 0 Å². The van der Waals surface area contributed by atoms with Crippen LogP contribution in [0.1, 0.15) is 247 Å². The molecule has 0 atom stereocenters. The Morgan fingerprint density at radius 1 is 0.370 bits per heavy atom. The lowest BCUT2D eigenvalue weighted by Gasteiger charge is -2.24. The Morgan fingerprint density at radius 2 is 0.810 bits per heavy atom. The lowest BCUT2D eigenvalue weighted by atomic mass is 9.95. The third kappa shape index (κ3) is 23.1. The maximum atomic E-state index is 5.83. The summed E-state index contributed by atoms with van der Waals surface area (Å²) in [6.45, 7) is 54.5. The molecule has 0 saturated carbocycles. The Morgan fingerprint density at radius 3 is 1.40 bits per heavy atom. The van der Waals surface area contributed by atoms with Gasteiger partial charge < -0.3 is 46.1 Å². The maximum absolute atomic E-state index is 5.83. The standard InChI is InChI=1S/C15H23NO.2C14H19N3.C14H21NO2.2C14H19NS/c1-10(2)13-8-12-6-5-7-17-15(12)14(9-13)16-11(3)4;1-9(2)11-5-13-12(7-15-8-16-13)14(6-11)17-10(3)4;1-9(2)11-7-12-14(16-6-5-15-12)13(8-11)17-10(3)4;1-9(2)11-7-12(15-10(3)4)14-13(8-11)16-5-6-17-14;1-9(2)11-7-13(15-10(3)4)12-5-6-16-14(12)8-11;1-9(2)12-7-11-5-6-16-14(11)13(8-12)15-10(3)4/h8-11,16H,5-7H2,1-4H3;2*5-10,17H,1-4H3;7-10,15H,5-6H2,1-4H3;2*5-10,15H,1-4H3. The van der Waals surface area contributed by atoms with E-state index in [9.17, 15) is 0 Å². The summed E-state index contributed by atoms with van der Waals surface area (Å²) in [5.74, 6) is 6.01. The summed E-state index contributed by atoms with van der Waals surface area (Å²) in [5.41, 5.74) is 19.4. The van der Waals surface area contributed by atoms with Gasteiger partial charge in [0.25, 0.3) is 0 Å². The van der Waals surface area contributed by atoms with Crippen molar-refractivity contribution in [3.8, 4) is 17.2 Å². The Bertz CT molecular complexity index is 3920. The molecule has 0 aliphatic carbocycles. The van der Waals surface area contributed by atoms with Crippen molar-refractivity contribution in [1.82, 2.24) is 19.9 Å². The summed E-state index contributed by atoms with van der Waals surface area (Å²) < 4.78 is 20.0. The number of benzene rings is 6. The van der Waals surface area contributed by atoms with E-state index in [1.165, 1.54) is 76.2 Å². The van der Waals surface area contributed by atoms with Crippen LogP contribution in [0.15, 0.2) is 121 Å². The van der Waals surface area contributed by atoms with E-state index in [-0.39, 0.29) is 0 Å². The zero-order valence-corrected chi connectivity index (χ0v) is 66.5. The van der Waals surface area contributed by atoms with Crippen LogP contribution in [0.4, 0.5) is 34.1 Å². The minimum atomic E-state index is 0.382. The summed E-state index contributed by atoms with van der Waals surface area (Å²) in [7, 11) is 0. The normalized spacial score (nSPS) is 12.5. The maximum Gasteiger partial charge on any atom is 0.184 e. The summed E-state index contributed by atoms with van der Waals surface area (Å²) in [6, 6.07) is 33.7. The summed E-state index contributed by atoms with van der Waals surface area (Å²) >= 11 is 3.63. The molecule has 2 aliphatic heterocycles. The zero-order chi connectivity index (χ0) is 73.1. The molecule has 4 aromatic heterocycles. The number of hydrogen-bond donors (Lipinski definition) is 6. The molecule has 0 saturated heterocycles. The van der Waals surface area contributed by atoms with E-state index in [1.807, 2.05) is 28.9 Å². The van der Waals surface area contributed by atoms with Crippen molar-refractivity contribution in [3.63, 3.8) is 0 Å². The first-order valence-electron chi connectivity index (χ1n) is 36.8. The topological polar surface area (TPSA) is 151 Å². The van der Waals surface area contributed by atoms with E-state index in [4.69, 9.17) is 14.2 Å². The van der Waals surface area contributed by atoms with Crippen LogP contribution in [0, 0.1) is 0 Å². The van der Waals surface area contributed by atoms with Crippen LogP contribution in [0.5, 0.6) is 17.2 Å². The monoisotopic (exact) mass is 1390 g/mol. The number of nitrogens with zero attached hydrogens (tertiary/aromatic N) is 4. The first-order valence-corrected chi connectivity index (χ1v) is 38.5. The zero-order valence-electron chi connectivity index (χ0n) is 64.8. The molecule has 540 valence electrons. The fraction of sp³-hybridized carbons (Fsp3) is 0.482. The fourth-order valence-corrected chi connectivity index (χ4v) is 13.3. The molecule has 0 fully saturated rings. The molecule has 10 aromatic rings. The van der Waals surface area contributed by atoms with Crippen LogP contribution < -0.4 is 46.1 Å². The van der Waals surface area contributed by atoms with Gasteiger partial charge in [0.05, 0.1) is 45.1 Å². The molecule has 0 bridgehead atoms. The second-order valence-electron chi connectivity index (χ2n) is 30.1. The van der Waals surface area contributed by atoms with E-state index in [0.717, 1.165) is 75.7 Å². The number of anilines is 6. The third-order valence-corrected chi connectivity index (χ3v) is 18.6. The first kappa shape index (κ1) is 79.4. The van der Waals surface area contributed by atoms with Crippen molar-refractivity contribution < 1.29 is 14.2 Å². The predicted molar refractivity (Wildman–Crippen MR) is 438 cm³/mol. The van der Waals surface area contributed by atoms with Crippen molar-refractivity contribution in [2.45, 2.75) is 251 Å². The lowest BCUT2D eigenvalue weighted by Crippen LogP contribution is -2.19. The largest absolute Gasteiger partial charge is 0.491 e. The molecule has 6 N–H and O–H groups in total. The molecule has 12 rings (SSSR count). The molecular weight excluding hydrogens is 1270 g/mol. The van der Waals surface area contributed by atoms with Crippen LogP contribution in [-0.4, -0.2) is 76.0 Å². The molecule has 0 spiro atoms. The summed E-state index contributed by atoms with van der Waals surface area (Å²) in [6.07, 6.45) is 9.23. The highest BCUT2D eigenvalue weighted by Crippen LogP contribution is 2.42. The molecule has 6 heterocycles. The summed E-state index contributed by atoms with van der Waals surface area (Å²) in [4.78, 5) is 17.2. The highest BCUT2D eigenvalue weighted by atomic mass is 32.1. The Labute approximate surface area is 608 Å². The van der Waals surface area contributed by atoms with Gasteiger partial charge in [-0.15, -0.1) is 22.7 Å². The van der Waals surface area contributed by atoms with Crippen molar-refractivity contribution in [2.24, 2.45) is 0 Å². The molecule has 2 aliphatic rings. The average molecular weight is 1390 g/mol. The second-order valence-corrected chi connectivity index (χ2v) is 32.0. The molecule has 6 aromatic carbocycles. The van der Waals surface area contributed by atoms with Gasteiger partial charge in [0, 0.05) is 81.7 Å². The molecule has 0 unspecified atom stereocenters. The van der Waals surface area contributed by atoms with E-state index in [2.05, 4.69) is 314 Å². The number of hydrogen-bond acceptors (Lipinski definition) is 15. The van der Waals surface area contributed by atoms with Crippen molar-refractivity contribution >= 4 is 98.9 Å². The predicted octanol–water partition coefficient (Wildman–Crippen LogP) is 24.2. The molecule has 0 amide bonds. The van der Waals surface area contributed by atoms with Gasteiger partial charge in [-0.05, 0) is 265 Å². The van der Waals surface area contributed by atoms with Crippen molar-refractivity contribution in [1.29, 1.82) is 0 Å². The minimum Gasteiger partial charge on any atom is -0.491 e. The number of rotatable bonds is 18. The Balaban J connectivity index is 0.000000169. The molecule has 15 heteroatoms. The van der Waals surface area contributed by atoms with E-state index < -0.39 is 0 Å². The van der Waals surface area contributed by atoms with Crippen molar-refractivity contribution in [3.05, 3.63) is 160 Å². The third-order valence-electron chi connectivity index (χ3n) is 16.8. The second kappa shape index (κ2) is 37.7. The van der Waals surface area contributed by atoms with Gasteiger partial charge in [-0.1, -0.05) is 89.2 Å². The van der Waals surface area contributed by atoms with E-state index in [0.29, 0.717) is 85.0 Å². The van der Waals surface area contributed by atoms with Gasteiger partial charge in [0.15, 0.2) is 11.5 Å². The van der Waals surface area contributed by atoms with Crippen LogP contribution >= 0.6 is 22.7 Å². The number of fused-ring (bicyclic) bond motifs is 6. The SMILES string of the molecule is CC(C)Nc1cc(C(C)C)cc2c1OCCC2.CC(C)Nc1cc(C(C)C)cc2c1OCCO2.CC(C)Nc1cc(C(C)C)cc2ccsc12.CC(C)Nc1cc(C(C)C)cc2nccnc12.CC(C)Nc1cc(C(C)C)cc2ncncc12.CC(C)Nc1cc(C(C)C)cc2sccc12. The van der Waals surface area contributed by atoms with Gasteiger partial charge >= 0.3 is 0 Å². The number of nitrogens with one attached hydrogen (secondary N) is 6. The van der Waals surface area contributed by atoms with Crippen LogP contribution in [0.2, 0.25) is 0 Å². The Kier molecular flexibility index (Phi) is 29.9. The molecule has 0 radical (unpaired) electrons. The van der Waals surface area contributed by atoms with E-state index >= 15 is 0 Å². The van der Waals surface area contributed by atoms with Gasteiger partial charge in [-0.3, -0.25) is 9.97 Å². The number of aromatic nitrogens is 4. The van der Waals surface area contributed by atoms with Crippen LogP contribution in [0.3, 0.4) is 0 Å². The van der Waals surface area contributed by atoms with Crippen LogP contribution in [-0.2, 0) is 6.42 Å². The molecule has 100 heavy (non-hydrogen) atoms. The lowest BCUT2D eigenvalue weighted by molar-refractivity contribution is 0.172.